The van der Waals surface area contributed by atoms with Crippen LogP contribution < -0.4 is 15.8 Å². The highest BCUT2D eigenvalue weighted by Crippen LogP contribution is 2.27. The lowest BCUT2D eigenvalue weighted by Crippen LogP contribution is -2.39. The first-order valence-electron chi connectivity index (χ1n) is 11.3. The molecule has 1 aromatic heterocycles. The van der Waals surface area contributed by atoms with Crippen LogP contribution in [0.2, 0.25) is 0 Å². The SMILES string of the molecule is CCn1c(=O)oc2cc(S(=O)(=O)N3CCC(CC(=O)NCc4cccc(OC)c4)CC3)ccc21. The molecule has 10 heteroatoms. The zero-order valence-electron chi connectivity index (χ0n) is 19.3. The van der Waals surface area contributed by atoms with E-state index in [1.807, 2.05) is 31.2 Å². The number of benzene rings is 2. The van der Waals surface area contributed by atoms with Crippen LogP contribution >= 0.6 is 0 Å². The fourth-order valence-corrected chi connectivity index (χ4v) is 5.81. The minimum atomic E-state index is -3.72. The molecule has 1 saturated heterocycles. The molecule has 1 aliphatic heterocycles. The lowest BCUT2D eigenvalue weighted by Gasteiger charge is -2.31. The molecule has 1 amide bonds. The van der Waals surface area contributed by atoms with E-state index in [1.54, 1.807) is 13.2 Å². The molecule has 0 radical (unpaired) electrons. The number of oxazole rings is 1. The summed E-state index contributed by atoms with van der Waals surface area (Å²) in [4.78, 5) is 24.4. The first kappa shape index (κ1) is 24.0. The summed E-state index contributed by atoms with van der Waals surface area (Å²) in [6, 6.07) is 12.1. The van der Waals surface area contributed by atoms with E-state index in [2.05, 4.69) is 5.32 Å². The van der Waals surface area contributed by atoms with Crippen LogP contribution in [0.5, 0.6) is 5.75 Å². The van der Waals surface area contributed by atoms with Crippen LogP contribution in [0.1, 0.15) is 31.7 Å². The van der Waals surface area contributed by atoms with E-state index in [0.717, 1.165) is 11.3 Å². The Hall–Kier alpha value is -3.11. The summed E-state index contributed by atoms with van der Waals surface area (Å²) in [6.07, 6.45) is 1.57. The molecule has 182 valence electrons. The minimum absolute atomic E-state index is 0.0509. The van der Waals surface area contributed by atoms with Crippen molar-refractivity contribution >= 4 is 27.0 Å². The molecule has 0 spiro atoms. The summed E-state index contributed by atoms with van der Waals surface area (Å²) in [5.41, 5.74) is 1.79. The van der Waals surface area contributed by atoms with Crippen LogP contribution in [0, 0.1) is 5.92 Å². The third-order valence-electron chi connectivity index (χ3n) is 6.27. The largest absolute Gasteiger partial charge is 0.497 e. The number of amides is 1. The van der Waals surface area contributed by atoms with E-state index in [4.69, 9.17) is 9.15 Å². The molecule has 0 bridgehead atoms. The van der Waals surface area contributed by atoms with Crippen molar-refractivity contribution in [1.29, 1.82) is 0 Å². The normalized spacial score (nSPS) is 15.5. The number of nitrogens with one attached hydrogen (secondary N) is 1. The van der Waals surface area contributed by atoms with Gasteiger partial charge in [-0.05, 0) is 55.5 Å². The Morgan fingerprint density at radius 3 is 2.65 bits per heavy atom. The molecule has 34 heavy (non-hydrogen) atoms. The molecule has 1 aliphatic rings. The van der Waals surface area contributed by atoms with E-state index in [-0.39, 0.29) is 22.3 Å². The zero-order chi connectivity index (χ0) is 24.3. The van der Waals surface area contributed by atoms with Crippen molar-refractivity contribution in [1.82, 2.24) is 14.2 Å². The topological polar surface area (TPSA) is 111 Å². The predicted molar refractivity (Wildman–Crippen MR) is 127 cm³/mol. The van der Waals surface area contributed by atoms with Crippen LogP contribution in [0.25, 0.3) is 11.1 Å². The van der Waals surface area contributed by atoms with Crippen LogP contribution in [0.4, 0.5) is 0 Å². The first-order chi connectivity index (χ1) is 16.3. The standard InChI is InChI=1S/C24H29N3O6S/c1-3-27-21-8-7-20(15-22(21)33-24(27)29)34(30,31)26-11-9-17(10-12-26)14-23(28)25-16-18-5-4-6-19(13-18)32-2/h4-8,13,15,17H,3,9-12,14,16H2,1-2H3,(H,25,28). The van der Waals surface area contributed by atoms with Crippen molar-refractivity contribution in [2.24, 2.45) is 5.92 Å². The smallest absolute Gasteiger partial charge is 0.419 e. The second kappa shape index (κ2) is 10.0. The van der Waals surface area contributed by atoms with Gasteiger partial charge in [-0.3, -0.25) is 9.36 Å². The number of aromatic nitrogens is 1. The fraction of sp³-hybridized carbons (Fsp3) is 0.417. The molecular formula is C24H29N3O6S. The number of ether oxygens (including phenoxy) is 1. The van der Waals surface area contributed by atoms with Gasteiger partial charge in [0.15, 0.2) is 5.58 Å². The summed E-state index contributed by atoms with van der Waals surface area (Å²) >= 11 is 0. The van der Waals surface area contributed by atoms with E-state index in [1.165, 1.54) is 21.0 Å². The van der Waals surface area contributed by atoms with E-state index in [0.29, 0.717) is 51.0 Å². The van der Waals surface area contributed by atoms with Crippen molar-refractivity contribution in [2.45, 2.75) is 44.2 Å². The van der Waals surface area contributed by atoms with Gasteiger partial charge in [0.2, 0.25) is 15.9 Å². The van der Waals surface area contributed by atoms with Gasteiger partial charge in [0.1, 0.15) is 5.75 Å². The second-order valence-electron chi connectivity index (χ2n) is 8.42. The molecule has 0 aliphatic carbocycles. The molecular weight excluding hydrogens is 458 g/mol. The van der Waals surface area contributed by atoms with Crippen molar-refractivity contribution in [3.63, 3.8) is 0 Å². The van der Waals surface area contributed by atoms with Gasteiger partial charge in [0.05, 0.1) is 17.5 Å². The van der Waals surface area contributed by atoms with Crippen LogP contribution in [-0.2, 0) is 27.9 Å². The Morgan fingerprint density at radius 1 is 1.18 bits per heavy atom. The Balaban J connectivity index is 1.33. The number of hydrogen-bond donors (Lipinski definition) is 1. The molecule has 1 N–H and O–H groups in total. The quantitative estimate of drug-likeness (QED) is 0.523. The summed E-state index contributed by atoms with van der Waals surface area (Å²) in [6.45, 7) is 3.37. The zero-order valence-corrected chi connectivity index (χ0v) is 20.1. The Kier molecular flexibility index (Phi) is 7.08. The average molecular weight is 488 g/mol. The average Bonchev–Trinajstić information content (AvgIpc) is 3.17. The van der Waals surface area contributed by atoms with Crippen LogP contribution in [0.3, 0.4) is 0 Å². The van der Waals surface area contributed by atoms with Crippen LogP contribution in [-0.4, -0.2) is 43.4 Å². The highest BCUT2D eigenvalue weighted by Gasteiger charge is 2.30. The van der Waals surface area contributed by atoms with E-state index >= 15 is 0 Å². The summed E-state index contributed by atoms with van der Waals surface area (Å²) in [7, 11) is -2.12. The maximum absolute atomic E-state index is 13.1. The summed E-state index contributed by atoms with van der Waals surface area (Å²) in [5, 5.41) is 2.93. The molecule has 4 rings (SSSR count). The third-order valence-corrected chi connectivity index (χ3v) is 8.16. The summed E-state index contributed by atoms with van der Waals surface area (Å²) in [5.74, 6) is 0.308. The van der Waals surface area contributed by atoms with E-state index in [9.17, 15) is 18.0 Å². The van der Waals surface area contributed by atoms with Crippen molar-refractivity contribution < 1.29 is 22.4 Å². The number of fused-ring (bicyclic) bond motifs is 1. The molecule has 2 heterocycles. The van der Waals surface area contributed by atoms with Gasteiger partial charge < -0.3 is 14.5 Å². The monoisotopic (exact) mass is 487 g/mol. The lowest BCUT2D eigenvalue weighted by molar-refractivity contribution is -0.122. The summed E-state index contributed by atoms with van der Waals surface area (Å²) < 4.78 is 39.6. The van der Waals surface area contributed by atoms with Gasteiger partial charge in [0, 0.05) is 38.7 Å². The van der Waals surface area contributed by atoms with Gasteiger partial charge in [-0.1, -0.05) is 12.1 Å². The maximum atomic E-state index is 13.1. The fourth-order valence-electron chi connectivity index (χ4n) is 4.33. The van der Waals surface area contributed by atoms with Gasteiger partial charge >= 0.3 is 5.76 Å². The number of hydrogen-bond acceptors (Lipinski definition) is 6. The van der Waals surface area contributed by atoms with Crippen molar-refractivity contribution in [3.8, 4) is 5.75 Å². The number of sulfonamides is 1. The van der Waals surface area contributed by atoms with Crippen molar-refractivity contribution in [3.05, 3.63) is 58.6 Å². The Morgan fingerprint density at radius 2 is 1.94 bits per heavy atom. The van der Waals surface area contributed by atoms with Gasteiger partial charge in [-0.15, -0.1) is 0 Å². The van der Waals surface area contributed by atoms with Crippen LogP contribution in [0.15, 0.2) is 56.6 Å². The number of aryl methyl sites for hydroxylation is 1. The number of rotatable bonds is 8. The molecule has 3 aromatic rings. The van der Waals surface area contributed by atoms with Gasteiger partial charge in [-0.25, -0.2) is 13.2 Å². The molecule has 9 nitrogen and oxygen atoms in total. The van der Waals surface area contributed by atoms with Gasteiger partial charge in [0.25, 0.3) is 0 Å². The molecule has 1 fully saturated rings. The first-order valence-corrected chi connectivity index (χ1v) is 12.8. The molecule has 0 saturated carbocycles. The lowest BCUT2D eigenvalue weighted by atomic mass is 9.94. The van der Waals surface area contributed by atoms with Gasteiger partial charge in [-0.2, -0.15) is 4.31 Å². The molecule has 2 aromatic carbocycles. The highest BCUT2D eigenvalue weighted by atomic mass is 32.2. The minimum Gasteiger partial charge on any atom is -0.497 e. The highest BCUT2D eigenvalue weighted by molar-refractivity contribution is 7.89. The number of carbonyl (C=O) groups is 1. The molecule has 0 atom stereocenters. The van der Waals surface area contributed by atoms with E-state index < -0.39 is 15.8 Å². The number of nitrogens with zero attached hydrogens (tertiary/aromatic N) is 2. The predicted octanol–water partition coefficient (Wildman–Crippen LogP) is 2.73. The third kappa shape index (κ3) is 5.02. The van der Waals surface area contributed by atoms with Crippen molar-refractivity contribution in [2.75, 3.05) is 20.2 Å². The number of methoxy groups -OCH3 is 1. The molecule has 0 unspecified atom stereocenters. The second-order valence-corrected chi connectivity index (χ2v) is 10.4. The number of carbonyl (C=O) groups excluding carboxylic acids is 1. The Labute approximate surface area is 198 Å². The maximum Gasteiger partial charge on any atom is 0.419 e. The Bertz CT molecular complexity index is 1340. The number of piperidine rings is 1.